The van der Waals surface area contributed by atoms with Gasteiger partial charge in [0.25, 0.3) is 0 Å². The van der Waals surface area contributed by atoms with E-state index in [-0.39, 0.29) is 6.10 Å². The van der Waals surface area contributed by atoms with E-state index in [0.717, 1.165) is 45.0 Å². The number of rotatable bonds is 6. The van der Waals surface area contributed by atoms with Gasteiger partial charge in [-0.15, -0.1) is 0 Å². The Labute approximate surface area is 128 Å². The van der Waals surface area contributed by atoms with Crippen LogP contribution in [0.3, 0.4) is 0 Å². The largest absolute Gasteiger partial charge is 0.375 e. The molecule has 1 saturated heterocycles. The van der Waals surface area contributed by atoms with Crippen LogP contribution in [0.1, 0.15) is 51.3 Å². The molecule has 1 unspecified atom stereocenters. The van der Waals surface area contributed by atoms with Crippen LogP contribution in [0.25, 0.3) is 0 Å². The molecule has 2 rings (SSSR count). The first-order valence-corrected chi connectivity index (χ1v) is 8.18. The fourth-order valence-electron chi connectivity index (χ4n) is 2.59. The van der Waals surface area contributed by atoms with Crippen LogP contribution in [-0.2, 0) is 11.3 Å². The smallest absolute Gasteiger partial charge is 0.129 e. The maximum absolute atomic E-state index is 5.64. The van der Waals surface area contributed by atoms with E-state index in [0.29, 0.717) is 5.92 Å². The standard InChI is InChI=1S/C17H29N3O/c1-5-6-18-11-15-9-16(13(2)3)19-17(10-15)20-7-8-21-14(4)12-20/h9-10,13-14,18H,5-8,11-12H2,1-4H3. The molecule has 1 aliphatic heterocycles. The Morgan fingerprint density at radius 3 is 2.90 bits per heavy atom. The van der Waals surface area contributed by atoms with Gasteiger partial charge >= 0.3 is 0 Å². The van der Waals surface area contributed by atoms with Gasteiger partial charge in [-0.05, 0) is 43.5 Å². The Bertz CT molecular complexity index is 448. The lowest BCUT2D eigenvalue weighted by atomic mass is 10.1. The number of aromatic nitrogens is 1. The minimum atomic E-state index is 0.282. The summed E-state index contributed by atoms with van der Waals surface area (Å²) in [5.74, 6) is 1.55. The molecule has 0 radical (unpaired) electrons. The van der Waals surface area contributed by atoms with Crippen LogP contribution in [0.2, 0.25) is 0 Å². The lowest BCUT2D eigenvalue weighted by molar-refractivity contribution is 0.0529. The third-order valence-corrected chi connectivity index (χ3v) is 3.80. The van der Waals surface area contributed by atoms with Gasteiger partial charge in [0.05, 0.1) is 12.7 Å². The fourth-order valence-corrected chi connectivity index (χ4v) is 2.59. The van der Waals surface area contributed by atoms with Crippen LogP contribution in [0, 0.1) is 0 Å². The Morgan fingerprint density at radius 2 is 2.24 bits per heavy atom. The molecule has 0 saturated carbocycles. The predicted molar refractivity (Wildman–Crippen MR) is 88.0 cm³/mol. The first kappa shape index (κ1) is 16.2. The van der Waals surface area contributed by atoms with Crippen LogP contribution in [-0.4, -0.2) is 37.3 Å². The second-order valence-electron chi connectivity index (χ2n) is 6.22. The molecule has 1 aliphatic rings. The Morgan fingerprint density at radius 1 is 1.43 bits per heavy atom. The predicted octanol–water partition coefficient (Wildman–Crippen LogP) is 2.93. The number of nitrogens with one attached hydrogen (secondary N) is 1. The molecule has 4 nitrogen and oxygen atoms in total. The van der Waals surface area contributed by atoms with Gasteiger partial charge in [-0.2, -0.15) is 0 Å². The molecule has 1 N–H and O–H groups in total. The third-order valence-electron chi connectivity index (χ3n) is 3.80. The first-order chi connectivity index (χ1) is 10.1. The van der Waals surface area contributed by atoms with E-state index in [9.17, 15) is 0 Å². The molecule has 1 aromatic rings. The van der Waals surface area contributed by atoms with Gasteiger partial charge in [0, 0.05) is 25.3 Å². The fraction of sp³-hybridized carbons (Fsp3) is 0.706. The van der Waals surface area contributed by atoms with Crippen molar-refractivity contribution in [1.29, 1.82) is 0 Å². The zero-order chi connectivity index (χ0) is 15.2. The van der Waals surface area contributed by atoms with Crippen molar-refractivity contribution in [2.45, 2.75) is 52.7 Å². The summed E-state index contributed by atoms with van der Waals surface area (Å²) in [6, 6.07) is 4.47. The Balaban J connectivity index is 2.18. The van der Waals surface area contributed by atoms with Gasteiger partial charge in [0.2, 0.25) is 0 Å². The number of hydrogen-bond donors (Lipinski definition) is 1. The number of pyridine rings is 1. The highest BCUT2D eigenvalue weighted by Crippen LogP contribution is 2.22. The van der Waals surface area contributed by atoms with E-state index in [1.54, 1.807) is 0 Å². The number of ether oxygens (including phenoxy) is 1. The zero-order valence-electron chi connectivity index (χ0n) is 13.9. The monoisotopic (exact) mass is 291 g/mol. The zero-order valence-corrected chi connectivity index (χ0v) is 13.9. The van der Waals surface area contributed by atoms with Crippen LogP contribution < -0.4 is 10.2 Å². The van der Waals surface area contributed by atoms with Gasteiger partial charge in [0.15, 0.2) is 0 Å². The second kappa shape index (κ2) is 7.76. The van der Waals surface area contributed by atoms with Gasteiger partial charge in [-0.25, -0.2) is 4.98 Å². The molecule has 0 bridgehead atoms. The summed E-state index contributed by atoms with van der Waals surface area (Å²) in [4.78, 5) is 7.21. The van der Waals surface area contributed by atoms with Gasteiger partial charge in [-0.1, -0.05) is 20.8 Å². The number of anilines is 1. The molecule has 0 aliphatic carbocycles. The normalized spacial score (nSPS) is 19.3. The first-order valence-electron chi connectivity index (χ1n) is 8.18. The van der Waals surface area contributed by atoms with Crippen molar-refractivity contribution in [2.75, 3.05) is 31.1 Å². The highest BCUT2D eigenvalue weighted by atomic mass is 16.5. The molecule has 1 atom stereocenters. The highest BCUT2D eigenvalue weighted by Gasteiger charge is 2.19. The topological polar surface area (TPSA) is 37.4 Å². The van der Waals surface area contributed by atoms with Crippen molar-refractivity contribution in [2.24, 2.45) is 0 Å². The molecule has 0 amide bonds. The maximum atomic E-state index is 5.64. The van der Waals surface area contributed by atoms with Crippen molar-refractivity contribution in [3.8, 4) is 0 Å². The summed E-state index contributed by atoms with van der Waals surface area (Å²) in [7, 11) is 0. The average Bonchev–Trinajstić information content (AvgIpc) is 2.47. The highest BCUT2D eigenvalue weighted by molar-refractivity contribution is 5.44. The van der Waals surface area contributed by atoms with E-state index in [4.69, 9.17) is 9.72 Å². The summed E-state index contributed by atoms with van der Waals surface area (Å²) in [5.41, 5.74) is 2.51. The summed E-state index contributed by atoms with van der Waals surface area (Å²) in [5, 5.41) is 3.49. The molecule has 0 aromatic carbocycles. The van der Waals surface area contributed by atoms with Gasteiger partial charge in [-0.3, -0.25) is 0 Å². The molecular formula is C17H29N3O. The van der Waals surface area contributed by atoms with Crippen LogP contribution in [0.15, 0.2) is 12.1 Å². The summed E-state index contributed by atoms with van der Waals surface area (Å²) in [6.45, 7) is 13.4. The number of morpholine rings is 1. The summed E-state index contributed by atoms with van der Waals surface area (Å²) < 4.78 is 5.64. The van der Waals surface area contributed by atoms with Crippen molar-refractivity contribution < 1.29 is 4.74 Å². The molecule has 0 spiro atoms. The van der Waals surface area contributed by atoms with Crippen molar-refractivity contribution in [3.05, 3.63) is 23.4 Å². The summed E-state index contributed by atoms with van der Waals surface area (Å²) >= 11 is 0. The van der Waals surface area contributed by atoms with Crippen LogP contribution in [0.4, 0.5) is 5.82 Å². The van der Waals surface area contributed by atoms with Crippen molar-refractivity contribution in [3.63, 3.8) is 0 Å². The van der Waals surface area contributed by atoms with Crippen LogP contribution in [0.5, 0.6) is 0 Å². The van der Waals surface area contributed by atoms with E-state index in [1.165, 1.54) is 11.3 Å². The SMILES string of the molecule is CCCNCc1cc(C(C)C)nc(N2CCOC(C)C2)c1. The lowest BCUT2D eigenvalue weighted by Gasteiger charge is -2.32. The molecule has 1 aromatic heterocycles. The quantitative estimate of drug-likeness (QED) is 0.818. The Kier molecular flexibility index (Phi) is 6.00. The summed E-state index contributed by atoms with van der Waals surface area (Å²) in [6.07, 6.45) is 1.44. The number of hydrogen-bond acceptors (Lipinski definition) is 4. The van der Waals surface area contributed by atoms with Gasteiger partial charge in [0.1, 0.15) is 5.82 Å². The second-order valence-corrected chi connectivity index (χ2v) is 6.22. The maximum Gasteiger partial charge on any atom is 0.129 e. The van der Waals surface area contributed by atoms with E-state index < -0.39 is 0 Å². The van der Waals surface area contributed by atoms with E-state index in [2.05, 4.69) is 50.0 Å². The van der Waals surface area contributed by atoms with Crippen LogP contribution >= 0.6 is 0 Å². The number of nitrogens with zero attached hydrogens (tertiary/aromatic N) is 2. The molecule has 4 heteroatoms. The Hall–Kier alpha value is -1.13. The van der Waals surface area contributed by atoms with Crippen molar-refractivity contribution >= 4 is 5.82 Å². The molecule has 21 heavy (non-hydrogen) atoms. The third kappa shape index (κ3) is 4.68. The minimum Gasteiger partial charge on any atom is -0.375 e. The minimum absolute atomic E-state index is 0.282. The molecule has 118 valence electrons. The van der Waals surface area contributed by atoms with E-state index in [1.807, 2.05) is 0 Å². The van der Waals surface area contributed by atoms with Crippen molar-refractivity contribution in [1.82, 2.24) is 10.3 Å². The van der Waals surface area contributed by atoms with Gasteiger partial charge < -0.3 is 15.0 Å². The average molecular weight is 291 g/mol. The lowest BCUT2D eigenvalue weighted by Crippen LogP contribution is -2.41. The molecule has 2 heterocycles. The van der Waals surface area contributed by atoms with E-state index >= 15 is 0 Å². The molecular weight excluding hydrogens is 262 g/mol. The molecule has 1 fully saturated rings.